The number of ether oxygens (including phenoxy) is 5. The minimum atomic E-state index is -0.167. The van der Waals surface area contributed by atoms with Gasteiger partial charge in [0.15, 0.2) is 0 Å². The van der Waals surface area contributed by atoms with Gasteiger partial charge in [0.05, 0.1) is 14.2 Å². The Morgan fingerprint density at radius 2 is 0.815 bits per heavy atom. The van der Waals surface area contributed by atoms with Gasteiger partial charge in [-0.2, -0.15) is 0 Å². The molecule has 11 nitrogen and oxygen atoms in total. The van der Waals surface area contributed by atoms with E-state index in [1.54, 1.807) is 0 Å². The predicted molar refractivity (Wildman–Crippen MR) is 213 cm³/mol. The Morgan fingerprint density at radius 1 is 0.444 bits per heavy atom. The number of carbonyl (C=O) groups excluding carboxylic acids is 5. The fourth-order valence-electron chi connectivity index (χ4n) is 5.81. The number of hydrogen-bond donors (Lipinski definition) is 0. The van der Waals surface area contributed by atoms with Gasteiger partial charge < -0.3 is 28.6 Å². The molecule has 0 spiro atoms. The van der Waals surface area contributed by atoms with Crippen molar-refractivity contribution in [2.45, 2.75) is 173 Å². The van der Waals surface area contributed by atoms with Crippen molar-refractivity contribution in [1.82, 2.24) is 4.90 Å². The molecule has 312 valence electrons. The molecule has 0 bridgehead atoms. The molecule has 0 fully saturated rings. The van der Waals surface area contributed by atoms with Gasteiger partial charge in [0, 0.05) is 32.1 Å². The molecule has 0 saturated heterocycles. The number of hydrogen-bond acceptors (Lipinski definition) is 11. The number of unbranched alkanes of at least 4 members (excludes halogenated alkanes) is 14. The van der Waals surface area contributed by atoms with Crippen LogP contribution in [-0.2, 0) is 47.7 Å². The van der Waals surface area contributed by atoms with Crippen LogP contribution in [0.3, 0.4) is 0 Å². The lowest BCUT2D eigenvalue weighted by molar-refractivity contribution is -0.150. The zero-order valence-corrected chi connectivity index (χ0v) is 34.4. The summed E-state index contributed by atoms with van der Waals surface area (Å²) in [5.41, 5.74) is 0. The summed E-state index contributed by atoms with van der Waals surface area (Å²) in [6.07, 6.45) is 29.5. The standard InChI is InChI=1S/C43H75NO10/c1-44(2)35-27-34-43(49)54-38(28-19-11-9-15-23-32-41(47)52-36-25-17-7-5-13-21-30-39(45)50-3)29-20-12-10-16-24-33-42(48)53-37-26-18-8-6-14-22-31-40(46)51-4/h17-18,25-26,38H,5-16,19-24,27-37H2,1-4H3/b25-17-,26-18-. The molecule has 0 atom stereocenters. The van der Waals surface area contributed by atoms with Crippen molar-refractivity contribution in [3.05, 3.63) is 24.3 Å². The quantitative estimate of drug-likeness (QED) is 0.0259. The number of carbonyl (C=O) groups is 5. The molecule has 11 heteroatoms. The van der Waals surface area contributed by atoms with Crippen LogP contribution in [0.1, 0.15) is 167 Å². The Morgan fingerprint density at radius 3 is 1.24 bits per heavy atom. The van der Waals surface area contributed by atoms with Gasteiger partial charge in [0.1, 0.15) is 19.3 Å². The number of nitrogens with zero attached hydrogens (tertiary/aromatic N) is 1. The highest BCUT2D eigenvalue weighted by Gasteiger charge is 2.15. The largest absolute Gasteiger partial charge is 0.469 e. The Kier molecular flexibility index (Phi) is 35.8. The minimum Gasteiger partial charge on any atom is -0.469 e. The Bertz CT molecular complexity index is 960. The van der Waals surface area contributed by atoms with Crippen molar-refractivity contribution >= 4 is 29.8 Å². The summed E-state index contributed by atoms with van der Waals surface area (Å²) in [5.74, 6) is -0.783. The van der Waals surface area contributed by atoms with Crippen molar-refractivity contribution < 1.29 is 47.7 Å². The highest BCUT2D eigenvalue weighted by atomic mass is 16.5. The van der Waals surface area contributed by atoms with E-state index in [9.17, 15) is 24.0 Å². The van der Waals surface area contributed by atoms with Gasteiger partial charge in [-0.05, 0) is 104 Å². The summed E-state index contributed by atoms with van der Waals surface area (Å²) < 4.78 is 25.8. The number of allylic oxidation sites excluding steroid dienone is 2. The molecule has 0 radical (unpaired) electrons. The third kappa shape index (κ3) is 37.1. The lowest BCUT2D eigenvalue weighted by Crippen LogP contribution is -2.20. The van der Waals surface area contributed by atoms with Gasteiger partial charge in [-0.15, -0.1) is 0 Å². The molecule has 0 amide bonds. The molecule has 0 N–H and O–H groups in total. The maximum atomic E-state index is 12.5. The Labute approximate surface area is 327 Å². The Hall–Kier alpha value is -3.21. The summed E-state index contributed by atoms with van der Waals surface area (Å²) in [5, 5.41) is 0. The highest BCUT2D eigenvalue weighted by Crippen LogP contribution is 2.18. The van der Waals surface area contributed by atoms with Gasteiger partial charge in [-0.25, -0.2) is 0 Å². The van der Waals surface area contributed by atoms with Crippen LogP contribution in [0.5, 0.6) is 0 Å². The van der Waals surface area contributed by atoms with E-state index in [4.69, 9.17) is 14.2 Å². The van der Waals surface area contributed by atoms with Gasteiger partial charge in [0.25, 0.3) is 0 Å². The molecule has 0 aliphatic carbocycles. The summed E-state index contributed by atoms with van der Waals surface area (Å²) >= 11 is 0. The SMILES string of the molecule is COC(=O)CCCCC/C=C\COC(=O)CCCCCCCC(CCCCCCCC(=O)OC/C=C\CCCCCC(=O)OC)OC(=O)CCCN(C)C. The number of esters is 5. The van der Waals surface area contributed by atoms with Gasteiger partial charge >= 0.3 is 29.8 Å². The molecule has 0 aromatic heterocycles. The van der Waals surface area contributed by atoms with Crippen LogP contribution in [0.15, 0.2) is 24.3 Å². The predicted octanol–water partition coefficient (Wildman–Crippen LogP) is 9.15. The second-order valence-electron chi connectivity index (χ2n) is 14.3. The summed E-state index contributed by atoms with van der Waals surface area (Å²) in [7, 11) is 6.81. The second-order valence-corrected chi connectivity index (χ2v) is 14.3. The average molecular weight is 766 g/mol. The van der Waals surface area contributed by atoms with Crippen molar-refractivity contribution in [2.24, 2.45) is 0 Å². The van der Waals surface area contributed by atoms with Gasteiger partial charge in [0.2, 0.25) is 0 Å². The van der Waals surface area contributed by atoms with E-state index in [2.05, 4.69) is 14.4 Å². The van der Waals surface area contributed by atoms with Gasteiger partial charge in [-0.3, -0.25) is 24.0 Å². The highest BCUT2D eigenvalue weighted by molar-refractivity contribution is 5.70. The molecule has 0 rings (SSSR count). The molecule has 0 unspecified atom stereocenters. The van der Waals surface area contributed by atoms with Crippen LogP contribution in [0.2, 0.25) is 0 Å². The Balaban J connectivity index is 4.10. The van der Waals surface area contributed by atoms with E-state index in [0.717, 1.165) is 141 Å². The molecule has 0 saturated carbocycles. The third-order valence-corrected chi connectivity index (χ3v) is 9.07. The van der Waals surface area contributed by atoms with Crippen LogP contribution in [0.4, 0.5) is 0 Å². The maximum Gasteiger partial charge on any atom is 0.306 e. The first-order valence-electron chi connectivity index (χ1n) is 20.8. The first-order valence-corrected chi connectivity index (χ1v) is 20.8. The van der Waals surface area contributed by atoms with E-state index >= 15 is 0 Å². The van der Waals surface area contributed by atoms with Crippen molar-refractivity contribution in [3.63, 3.8) is 0 Å². The van der Waals surface area contributed by atoms with Crippen LogP contribution in [-0.4, -0.2) is 88.9 Å². The first kappa shape index (κ1) is 50.8. The molecule has 0 aromatic carbocycles. The third-order valence-electron chi connectivity index (χ3n) is 9.07. The van der Waals surface area contributed by atoms with E-state index in [0.29, 0.717) is 45.3 Å². The monoisotopic (exact) mass is 766 g/mol. The van der Waals surface area contributed by atoms with Crippen LogP contribution < -0.4 is 0 Å². The molecule has 54 heavy (non-hydrogen) atoms. The zero-order chi connectivity index (χ0) is 39.9. The number of methoxy groups -OCH3 is 2. The van der Waals surface area contributed by atoms with Crippen LogP contribution in [0.25, 0.3) is 0 Å². The fraction of sp³-hybridized carbons (Fsp3) is 0.791. The number of rotatable bonds is 37. The second kappa shape index (κ2) is 38.1. The van der Waals surface area contributed by atoms with Crippen LogP contribution in [0, 0.1) is 0 Å². The van der Waals surface area contributed by atoms with Gasteiger partial charge in [-0.1, -0.05) is 75.7 Å². The zero-order valence-electron chi connectivity index (χ0n) is 34.4. The fourth-order valence-corrected chi connectivity index (χ4v) is 5.81. The summed E-state index contributed by atoms with van der Waals surface area (Å²) in [4.78, 5) is 60.9. The molecule has 0 aromatic rings. The first-order chi connectivity index (χ1) is 26.2. The lowest BCUT2D eigenvalue weighted by Gasteiger charge is -2.18. The molecule has 0 aliphatic rings. The summed E-state index contributed by atoms with van der Waals surface area (Å²) in [6, 6.07) is 0. The molecular formula is C43H75NO10. The lowest BCUT2D eigenvalue weighted by atomic mass is 10.0. The van der Waals surface area contributed by atoms with Crippen molar-refractivity contribution in [1.29, 1.82) is 0 Å². The van der Waals surface area contributed by atoms with E-state index in [1.807, 2.05) is 38.4 Å². The topological polar surface area (TPSA) is 135 Å². The minimum absolute atomic E-state index is 0.0670. The molecule has 0 heterocycles. The van der Waals surface area contributed by atoms with Crippen LogP contribution >= 0.6 is 0 Å². The van der Waals surface area contributed by atoms with E-state index < -0.39 is 0 Å². The summed E-state index contributed by atoms with van der Waals surface area (Å²) in [6.45, 7) is 1.46. The molecular weight excluding hydrogens is 690 g/mol. The molecule has 0 aliphatic heterocycles. The van der Waals surface area contributed by atoms with E-state index in [-0.39, 0.29) is 36.0 Å². The maximum absolute atomic E-state index is 12.5. The average Bonchev–Trinajstić information content (AvgIpc) is 3.15. The smallest absolute Gasteiger partial charge is 0.306 e. The van der Waals surface area contributed by atoms with Crippen molar-refractivity contribution in [2.75, 3.05) is 48.1 Å². The van der Waals surface area contributed by atoms with Crippen molar-refractivity contribution in [3.8, 4) is 0 Å². The normalized spacial score (nSPS) is 11.4. The van der Waals surface area contributed by atoms with E-state index in [1.165, 1.54) is 14.2 Å².